The van der Waals surface area contributed by atoms with Crippen molar-refractivity contribution in [1.29, 1.82) is 0 Å². The second kappa shape index (κ2) is 6.40. The molecule has 7 heteroatoms. The number of guanidine groups is 1. The van der Waals surface area contributed by atoms with Crippen LogP contribution in [0.2, 0.25) is 0 Å². The van der Waals surface area contributed by atoms with Crippen LogP contribution in [0.5, 0.6) is 0 Å². The summed E-state index contributed by atoms with van der Waals surface area (Å²) in [5, 5.41) is 7.37. The largest absolute Gasteiger partial charge is 0.356 e. The van der Waals surface area contributed by atoms with E-state index < -0.39 is 0 Å². The molecule has 1 aromatic heterocycles. The van der Waals surface area contributed by atoms with Crippen LogP contribution < -0.4 is 10.2 Å². The van der Waals surface area contributed by atoms with Gasteiger partial charge in [0.2, 0.25) is 5.91 Å². The highest BCUT2D eigenvalue weighted by atomic mass is 16.2. The highest BCUT2D eigenvalue weighted by molar-refractivity contribution is 5.98. The predicted octanol–water partition coefficient (Wildman–Crippen LogP) is 0.0541. The van der Waals surface area contributed by atoms with Gasteiger partial charge in [-0.3, -0.25) is 14.5 Å². The van der Waals surface area contributed by atoms with E-state index in [2.05, 4.69) is 22.3 Å². The van der Waals surface area contributed by atoms with Gasteiger partial charge in [-0.2, -0.15) is 5.10 Å². The monoisotopic (exact) mass is 278 g/mol. The smallest absolute Gasteiger partial charge is 0.246 e. The zero-order chi connectivity index (χ0) is 14.5. The first-order valence-corrected chi connectivity index (χ1v) is 6.90. The lowest BCUT2D eigenvalue weighted by Gasteiger charge is -2.35. The van der Waals surface area contributed by atoms with E-state index in [1.807, 2.05) is 18.1 Å². The molecule has 110 valence electrons. The van der Waals surface area contributed by atoms with Crippen molar-refractivity contribution >= 4 is 17.6 Å². The zero-order valence-electron chi connectivity index (χ0n) is 12.3. The van der Waals surface area contributed by atoms with Crippen molar-refractivity contribution in [3.63, 3.8) is 0 Å². The minimum atomic E-state index is 0.0729. The summed E-state index contributed by atoms with van der Waals surface area (Å²) >= 11 is 0. The molecule has 0 bridgehead atoms. The maximum atomic E-state index is 12.3. The van der Waals surface area contributed by atoms with E-state index in [1.54, 1.807) is 22.8 Å². The Morgan fingerprint density at radius 1 is 1.50 bits per heavy atom. The summed E-state index contributed by atoms with van der Waals surface area (Å²) < 4.78 is 1.71. The fourth-order valence-electron chi connectivity index (χ4n) is 2.24. The van der Waals surface area contributed by atoms with Crippen LogP contribution in [0.15, 0.2) is 17.4 Å². The highest BCUT2D eigenvalue weighted by Crippen LogP contribution is 2.15. The number of hydrogen-bond donors (Lipinski definition) is 1. The highest BCUT2D eigenvalue weighted by Gasteiger charge is 2.27. The third-order valence-electron chi connectivity index (χ3n) is 3.27. The second-order valence-corrected chi connectivity index (χ2v) is 4.81. The molecule has 2 rings (SSSR count). The average molecular weight is 278 g/mol. The lowest BCUT2D eigenvalue weighted by molar-refractivity contribution is -0.120. The standard InChI is InChI=1S/C13H22N6O/c1-4-5-15-13(14-2)18-6-7-19(12(20)10-18)11-8-16-17(3)9-11/h8-9H,4-7,10H2,1-3H3,(H,14,15). The summed E-state index contributed by atoms with van der Waals surface area (Å²) in [5.41, 5.74) is 0.855. The molecule has 0 radical (unpaired) electrons. The molecule has 0 aliphatic carbocycles. The van der Waals surface area contributed by atoms with E-state index in [-0.39, 0.29) is 5.91 Å². The molecule has 1 aliphatic heterocycles. The van der Waals surface area contributed by atoms with E-state index in [4.69, 9.17) is 0 Å². The van der Waals surface area contributed by atoms with Gasteiger partial charge in [-0.15, -0.1) is 0 Å². The van der Waals surface area contributed by atoms with Crippen LogP contribution in [-0.4, -0.2) is 59.8 Å². The first-order valence-electron chi connectivity index (χ1n) is 6.90. The van der Waals surface area contributed by atoms with Crippen molar-refractivity contribution in [2.24, 2.45) is 12.0 Å². The molecule has 1 fully saturated rings. The number of nitrogens with one attached hydrogen (secondary N) is 1. The van der Waals surface area contributed by atoms with Gasteiger partial charge in [0.1, 0.15) is 6.54 Å². The fourth-order valence-corrected chi connectivity index (χ4v) is 2.24. The molecule has 1 aliphatic rings. The number of piperazine rings is 1. The normalized spacial score (nSPS) is 16.8. The van der Waals surface area contributed by atoms with Crippen LogP contribution in [-0.2, 0) is 11.8 Å². The Bertz CT molecular complexity index is 495. The molecular formula is C13H22N6O. The number of amides is 1. The first kappa shape index (κ1) is 14.4. The average Bonchev–Trinajstić information content (AvgIpc) is 2.86. The molecule has 0 spiro atoms. The Balaban J connectivity index is 2.00. The summed E-state index contributed by atoms with van der Waals surface area (Å²) in [6, 6.07) is 0. The number of carbonyl (C=O) groups excluding carboxylic acids is 1. The van der Waals surface area contributed by atoms with E-state index in [1.165, 1.54) is 0 Å². The molecule has 0 atom stereocenters. The Morgan fingerprint density at radius 3 is 2.85 bits per heavy atom. The van der Waals surface area contributed by atoms with Crippen molar-refractivity contribution < 1.29 is 4.79 Å². The third kappa shape index (κ3) is 3.09. The van der Waals surface area contributed by atoms with E-state index >= 15 is 0 Å². The molecule has 20 heavy (non-hydrogen) atoms. The first-order chi connectivity index (χ1) is 9.65. The van der Waals surface area contributed by atoms with Gasteiger partial charge < -0.3 is 15.1 Å². The molecule has 0 saturated carbocycles. The minimum Gasteiger partial charge on any atom is -0.356 e. The van der Waals surface area contributed by atoms with Crippen molar-refractivity contribution in [3.05, 3.63) is 12.4 Å². The SMILES string of the molecule is CCCNC(=NC)N1CCN(c2cnn(C)c2)C(=O)C1. The summed E-state index contributed by atoms with van der Waals surface area (Å²) in [6.07, 6.45) is 4.61. The lowest BCUT2D eigenvalue weighted by atomic mass is 10.3. The van der Waals surface area contributed by atoms with Crippen molar-refractivity contribution in [2.75, 3.05) is 38.1 Å². The quantitative estimate of drug-likeness (QED) is 0.627. The Morgan fingerprint density at radius 2 is 2.30 bits per heavy atom. The topological polar surface area (TPSA) is 65.8 Å². The molecule has 0 unspecified atom stereocenters. The summed E-state index contributed by atoms with van der Waals surface area (Å²) in [5.74, 6) is 0.870. The fraction of sp³-hybridized carbons (Fsp3) is 0.615. The van der Waals surface area contributed by atoms with Crippen LogP contribution in [0.4, 0.5) is 5.69 Å². The van der Waals surface area contributed by atoms with Gasteiger partial charge in [0.15, 0.2) is 5.96 Å². The number of aryl methyl sites for hydroxylation is 1. The number of aliphatic imine (C=N–C) groups is 1. The third-order valence-corrected chi connectivity index (χ3v) is 3.27. The molecule has 2 heterocycles. The number of rotatable bonds is 3. The van der Waals surface area contributed by atoms with Crippen molar-refractivity contribution in [1.82, 2.24) is 20.0 Å². The van der Waals surface area contributed by atoms with Crippen LogP contribution in [0.25, 0.3) is 0 Å². The maximum Gasteiger partial charge on any atom is 0.246 e. The zero-order valence-corrected chi connectivity index (χ0v) is 12.3. The van der Waals surface area contributed by atoms with E-state index in [9.17, 15) is 4.79 Å². The summed E-state index contributed by atoms with van der Waals surface area (Å²) in [4.78, 5) is 20.3. The molecule has 7 nitrogen and oxygen atoms in total. The molecule has 1 N–H and O–H groups in total. The number of hydrogen-bond acceptors (Lipinski definition) is 3. The van der Waals surface area contributed by atoms with Gasteiger partial charge in [-0.1, -0.05) is 6.92 Å². The predicted molar refractivity (Wildman–Crippen MR) is 78.8 cm³/mol. The molecule has 0 aromatic carbocycles. The van der Waals surface area contributed by atoms with Crippen LogP contribution >= 0.6 is 0 Å². The van der Waals surface area contributed by atoms with Gasteiger partial charge >= 0.3 is 0 Å². The van der Waals surface area contributed by atoms with E-state index in [0.29, 0.717) is 13.1 Å². The molecular weight excluding hydrogens is 256 g/mol. The van der Waals surface area contributed by atoms with Crippen LogP contribution in [0.1, 0.15) is 13.3 Å². The van der Waals surface area contributed by atoms with Crippen LogP contribution in [0.3, 0.4) is 0 Å². The number of carbonyl (C=O) groups is 1. The Hall–Kier alpha value is -2.05. The van der Waals surface area contributed by atoms with Gasteiger partial charge in [-0.05, 0) is 6.42 Å². The lowest BCUT2D eigenvalue weighted by Crippen LogP contribution is -2.55. The minimum absolute atomic E-state index is 0.0729. The van der Waals surface area contributed by atoms with Gasteiger partial charge in [-0.25, -0.2) is 0 Å². The molecule has 1 aromatic rings. The summed E-state index contributed by atoms with van der Waals surface area (Å²) in [6.45, 7) is 4.73. The number of nitrogens with zero attached hydrogens (tertiary/aromatic N) is 5. The van der Waals surface area contributed by atoms with Gasteiger partial charge in [0.25, 0.3) is 0 Å². The van der Waals surface area contributed by atoms with Crippen LogP contribution in [0, 0.1) is 0 Å². The Kier molecular flexibility index (Phi) is 4.60. The van der Waals surface area contributed by atoms with E-state index in [0.717, 1.165) is 31.2 Å². The van der Waals surface area contributed by atoms with Gasteiger partial charge in [0, 0.05) is 39.9 Å². The molecule has 1 saturated heterocycles. The summed E-state index contributed by atoms with van der Waals surface area (Å²) in [7, 11) is 3.59. The van der Waals surface area contributed by atoms with Gasteiger partial charge in [0.05, 0.1) is 11.9 Å². The second-order valence-electron chi connectivity index (χ2n) is 4.81. The Labute approximate surface area is 119 Å². The van der Waals surface area contributed by atoms with Crippen molar-refractivity contribution in [3.8, 4) is 0 Å². The molecule has 1 amide bonds. The maximum absolute atomic E-state index is 12.3. The number of anilines is 1. The number of aromatic nitrogens is 2. The van der Waals surface area contributed by atoms with Crippen molar-refractivity contribution in [2.45, 2.75) is 13.3 Å².